The number of rotatable bonds is 12. The number of nitrogens with zero attached hydrogens (tertiary/aromatic N) is 2. The van der Waals surface area contributed by atoms with Crippen LogP contribution in [0.5, 0.6) is 0 Å². The van der Waals surface area contributed by atoms with Crippen LogP contribution in [0.3, 0.4) is 0 Å². The lowest BCUT2D eigenvalue weighted by Crippen LogP contribution is -2.53. The monoisotopic (exact) mass is 589 g/mol. The summed E-state index contributed by atoms with van der Waals surface area (Å²) >= 11 is 12.4. The molecule has 0 unspecified atom stereocenters. The van der Waals surface area contributed by atoms with E-state index in [1.54, 1.807) is 25.1 Å². The maximum absolute atomic E-state index is 13.9. The summed E-state index contributed by atoms with van der Waals surface area (Å²) in [5.41, 5.74) is 1.13. The third-order valence-corrected chi connectivity index (χ3v) is 8.62. The van der Waals surface area contributed by atoms with Gasteiger partial charge in [0.25, 0.3) is 10.0 Å². The van der Waals surface area contributed by atoms with Gasteiger partial charge >= 0.3 is 0 Å². The highest BCUT2D eigenvalue weighted by Crippen LogP contribution is 2.30. The predicted molar refractivity (Wildman–Crippen MR) is 157 cm³/mol. The number of carbonyl (C=O) groups is 2. The Balaban J connectivity index is 1.99. The Morgan fingerprint density at radius 1 is 0.897 bits per heavy atom. The first kappa shape index (κ1) is 30.5. The molecule has 2 atom stereocenters. The zero-order chi connectivity index (χ0) is 28.6. The molecule has 3 aromatic carbocycles. The molecule has 2 amide bonds. The van der Waals surface area contributed by atoms with Crippen molar-refractivity contribution in [1.82, 2.24) is 10.2 Å². The quantitative estimate of drug-likeness (QED) is 0.299. The molecule has 0 aromatic heterocycles. The van der Waals surface area contributed by atoms with Crippen molar-refractivity contribution in [3.63, 3.8) is 0 Å². The van der Waals surface area contributed by atoms with Crippen LogP contribution < -0.4 is 9.62 Å². The fourth-order valence-electron chi connectivity index (χ4n) is 3.97. The number of amides is 2. The number of hydrogen-bond donors (Lipinski definition) is 1. The van der Waals surface area contributed by atoms with E-state index in [4.69, 9.17) is 23.2 Å². The molecule has 0 aliphatic carbocycles. The Morgan fingerprint density at radius 3 is 2.03 bits per heavy atom. The molecule has 3 aromatic rings. The van der Waals surface area contributed by atoms with Gasteiger partial charge in [-0.2, -0.15) is 0 Å². The van der Waals surface area contributed by atoms with E-state index >= 15 is 0 Å². The molecule has 0 aliphatic heterocycles. The summed E-state index contributed by atoms with van der Waals surface area (Å²) < 4.78 is 28.5. The second kappa shape index (κ2) is 13.8. The maximum atomic E-state index is 13.9. The predicted octanol–water partition coefficient (Wildman–Crippen LogP) is 5.56. The van der Waals surface area contributed by atoms with Crippen LogP contribution >= 0.6 is 23.2 Å². The van der Waals surface area contributed by atoms with Gasteiger partial charge in [0.1, 0.15) is 12.6 Å². The van der Waals surface area contributed by atoms with E-state index in [0.29, 0.717) is 6.42 Å². The van der Waals surface area contributed by atoms with Crippen molar-refractivity contribution in [2.75, 3.05) is 17.4 Å². The summed E-state index contributed by atoms with van der Waals surface area (Å²) in [6.07, 6.45) is 1.22. The summed E-state index contributed by atoms with van der Waals surface area (Å²) in [5, 5.41) is 3.36. The lowest BCUT2D eigenvalue weighted by Gasteiger charge is -2.32. The molecule has 0 bridgehead atoms. The van der Waals surface area contributed by atoms with Crippen molar-refractivity contribution in [2.24, 2.45) is 0 Å². The van der Waals surface area contributed by atoms with E-state index in [0.717, 1.165) is 16.3 Å². The molecular formula is C29H33Cl2N3O4S. The Hall–Kier alpha value is -3.07. The summed E-state index contributed by atoms with van der Waals surface area (Å²) in [4.78, 5) is 28.4. The fraction of sp³-hybridized carbons (Fsp3) is 0.310. The lowest BCUT2D eigenvalue weighted by molar-refractivity contribution is -0.139. The molecule has 0 saturated carbocycles. The van der Waals surface area contributed by atoms with E-state index in [1.165, 1.54) is 35.2 Å². The molecule has 0 fully saturated rings. The Bertz CT molecular complexity index is 1350. The third kappa shape index (κ3) is 8.21. The number of nitrogens with one attached hydrogen (secondary N) is 1. The molecule has 0 saturated heterocycles. The molecule has 0 aliphatic rings. The van der Waals surface area contributed by atoms with Gasteiger partial charge in [0.15, 0.2) is 0 Å². The number of benzene rings is 3. The van der Waals surface area contributed by atoms with Crippen molar-refractivity contribution < 1.29 is 18.0 Å². The van der Waals surface area contributed by atoms with Crippen LogP contribution in [0, 0.1) is 0 Å². The first-order valence-corrected chi connectivity index (χ1v) is 14.9. The second-order valence-corrected chi connectivity index (χ2v) is 12.0. The molecule has 1 N–H and O–H groups in total. The Morgan fingerprint density at radius 2 is 1.46 bits per heavy atom. The number of halogens is 2. The van der Waals surface area contributed by atoms with Gasteiger partial charge in [0.05, 0.1) is 10.6 Å². The topological polar surface area (TPSA) is 86.8 Å². The SMILES string of the molecule is CC[C@H](C)NC(=O)[C@H](C)N(CCc1ccccc1)C(=O)CN(c1cc(Cl)cc(Cl)c1)S(=O)(=O)c1ccccc1. The standard InChI is InChI=1S/C29H33Cl2N3O4S/c1-4-21(2)32-29(36)22(3)33(16-15-23-11-7-5-8-12-23)28(35)20-34(26-18-24(30)17-25(31)19-26)39(37,38)27-13-9-6-10-14-27/h5-14,17-19,21-22H,4,15-16,20H2,1-3H3,(H,32,36)/t21-,22-/m0/s1. The zero-order valence-electron chi connectivity index (χ0n) is 22.2. The van der Waals surface area contributed by atoms with Gasteiger partial charge in [0.2, 0.25) is 11.8 Å². The molecule has 208 valence electrons. The summed E-state index contributed by atoms with van der Waals surface area (Å²) in [6.45, 7) is 5.15. The normalized spacial score (nSPS) is 12.8. The van der Waals surface area contributed by atoms with Crippen LogP contribution in [0.2, 0.25) is 10.0 Å². The van der Waals surface area contributed by atoms with Crippen LogP contribution in [0.4, 0.5) is 5.69 Å². The maximum Gasteiger partial charge on any atom is 0.264 e. The average Bonchev–Trinajstić information content (AvgIpc) is 2.92. The van der Waals surface area contributed by atoms with Gasteiger partial charge in [0, 0.05) is 22.6 Å². The minimum absolute atomic E-state index is 0.00676. The van der Waals surface area contributed by atoms with E-state index in [2.05, 4.69) is 5.32 Å². The smallest absolute Gasteiger partial charge is 0.264 e. The van der Waals surface area contributed by atoms with Crippen LogP contribution in [0.25, 0.3) is 0 Å². The van der Waals surface area contributed by atoms with Crippen LogP contribution in [-0.2, 0) is 26.0 Å². The van der Waals surface area contributed by atoms with E-state index < -0.39 is 28.5 Å². The number of sulfonamides is 1. The third-order valence-electron chi connectivity index (χ3n) is 6.40. The van der Waals surface area contributed by atoms with Crippen LogP contribution in [-0.4, -0.2) is 50.3 Å². The fourth-order valence-corrected chi connectivity index (χ4v) is 5.90. The van der Waals surface area contributed by atoms with E-state index in [-0.39, 0.29) is 39.1 Å². The minimum atomic E-state index is -4.18. The summed E-state index contributed by atoms with van der Waals surface area (Å²) in [7, 11) is -4.18. The molecule has 39 heavy (non-hydrogen) atoms. The van der Waals surface area contributed by atoms with Gasteiger partial charge in [-0.05, 0) is 62.6 Å². The highest BCUT2D eigenvalue weighted by molar-refractivity contribution is 7.92. The highest BCUT2D eigenvalue weighted by Gasteiger charge is 2.32. The second-order valence-electron chi connectivity index (χ2n) is 9.27. The number of carbonyl (C=O) groups excluding carboxylic acids is 2. The first-order chi connectivity index (χ1) is 18.5. The van der Waals surface area contributed by atoms with Crippen molar-refractivity contribution in [3.05, 3.63) is 94.5 Å². The molecule has 0 heterocycles. The van der Waals surface area contributed by atoms with E-state index in [1.807, 2.05) is 44.2 Å². The molecule has 3 rings (SSSR count). The van der Waals surface area contributed by atoms with E-state index in [9.17, 15) is 18.0 Å². The van der Waals surface area contributed by atoms with Gasteiger partial charge < -0.3 is 10.2 Å². The summed E-state index contributed by atoms with van der Waals surface area (Å²) in [5.74, 6) is -0.845. The first-order valence-electron chi connectivity index (χ1n) is 12.7. The Kier molecular flexibility index (Phi) is 10.8. The molecular weight excluding hydrogens is 557 g/mol. The largest absolute Gasteiger partial charge is 0.352 e. The molecule has 7 nitrogen and oxygen atoms in total. The molecule has 0 spiro atoms. The van der Waals surface area contributed by atoms with Gasteiger partial charge in [-0.25, -0.2) is 8.42 Å². The molecule has 0 radical (unpaired) electrons. The highest BCUT2D eigenvalue weighted by atomic mass is 35.5. The molecule has 10 heteroatoms. The minimum Gasteiger partial charge on any atom is -0.352 e. The number of anilines is 1. The van der Waals surface area contributed by atoms with Crippen molar-refractivity contribution >= 4 is 50.7 Å². The van der Waals surface area contributed by atoms with Gasteiger partial charge in [-0.1, -0.05) is 78.7 Å². The van der Waals surface area contributed by atoms with Crippen molar-refractivity contribution in [3.8, 4) is 0 Å². The zero-order valence-corrected chi connectivity index (χ0v) is 24.5. The Labute approximate surface area is 240 Å². The van der Waals surface area contributed by atoms with Gasteiger partial charge in [-0.15, -0.1) is 0 Å². The summed E-state index contributed by atoms with van der Waals surface area (Å²) in [6, 6.07) is 20.8. The average molecular weight is 591 g/mol. The van der Waals surface area contributed by atoms with Crippen LogP contribution in [0.1, 0.15) is 32.8 Å². The van der Waals surface area contributed by atoms with Crippen molar-refractivity contribution in [2.45, 2.75) is 50.6 Å². The number of hydrogen-bond acceptors (Lipinski definition) is 4. The van der Waals surface area contributed by atoms with Crippen molar-refractivity contribution in [1.29, 1.82) is 0 Å². The van der Waals surface area contributed by atoms with Crippen LogP contribution in [0.15, 0.2) is 83.8 Å². The van der Waals surface area contributed by atoms with Gasteiger partial charge in [-0.3, -0.25) is 13.9 Å². The lowest BCUT2D eigenvalue weighted by atomic mass is 10.1.